The Morgan fingerprint density at radius 3 is 3.00 bits per heavy atom. The van der Waals surface area contributed by atoms with Crippen LogP contribution in [-0.2, 0) is 13.5 Å². The van der Waals surface area contributed by atoms with Crippen molar-refractivity contribution in [1.82, 2.24) is 4.57 Å². The summed E-state index contributed by atoms with van der Waals surface area (Å²) in [5.41, 5.74) is 10.9. The molecule has 3 nitrogen and oxygen atoms in total. The van der Waals surface area contributed by atoms with Gasteiger partial charge in [-0.25, -0.2) is 0 Å². The van der Waals surface area contributed by atoms with Gasteiger partial charge < -0.3 is 15.0 Å². The first-order chi connectivity index (χ1) is 8.63. The van der Waals surface area contributed by atoms with Crippen LogP contribution in [0.2, 0.25) is 0 Å². The summed E-state index contributed by atoms with van der Waals surface area (Å²) in [6, 6.07) is 4.25. The van der Waals surface area contributed by atoms with Crippen LogP contribution in [0.3, 0.4) is 0 Å². The van der Waals surface area contributed by atoms with Gasteiger partial charge in [0.25, 0.3) is 0 Å². The van der Waals surface area contributed by atoms with E-state index in [-0.39, 0.29) is 6.04 Å². The Bertz CT molecular complexity index is 640. The molecule has 1 unspecified atom stereocenters. The molecule has 1 aliphatic rings. The third kappa shape index (κ3) is 1.40. The molecule has 1 aromatic carbocycles. The Hall–Kier alpha value is -1.74. The first-order valence-corrected chi connectivity index (χ1v) is 6.25. The molecule has 94 valence electrons. The topological polar surface area (TPSA) is 40.2 Å². The van der Waals surface area contributed by atoms with Gasteiger partial charge in [0.2, 0.25) is 0 Å². The molecule has 0 fully saturated rings. The number of aryl methyl sites for hydroxylation is 1. The van der Waals surface area contributed by atoms with Crippen molar-refractivity contribution in [3.63, 3.8) is 0 Å². The van der Waals surface area contributed by atoms with E-state index in [9.17, 15) is 0 Å². The maximum absolute atomic E-state index is 6.10. The van der Waals surface area contributed by atoms with Gasteiger partial charge in [0.1, 0.15) is 12.4 Å². The van der Waals surface area contributed by atoms with E-state index in [4.69, 9.17) is 10.5 Å². The minimum absolute atomic E-state index is 0.0550. The fourth-order valence-electron chi connectivity index (χ4n) is 2.80. The standard InChI is InChI=1S/C15H18N2O/c1-4-10-5-6-13-14-12(9(2)17(13)3)7-11(16)8-18-15(10)14/h4-6,11H,1,7-8,16H2,2-3H3. The largest absolute Gasteiger partial charge is 0.491 e. The highest BCUT2D eigenvalue weighted by molar-refractivity contribution is 5.94. The van der Waals surface area contributed by atoms with E-state index in [1.54, 1.807) is 0 Å². The summed E-state index contributed by atoms with van der Waals surface area (Å²) in [5.74, 6) is 0.939. The van der Waals surface area contributed by atoms with E-state index in [1.165, 1.54) is 22.2 Å². The molecule has 0 amide bonds. The van der Waals surface area contributed by atoms with Crippen LogP contribution in [0.25, 0.3) is 17.0 Å². The smallest absolute Gasteiger partial charge is 0.136 e. The highest BCUT2D eigenvalue weighted by Crippen LogP contribution is 2.38. The molecular formula is C15H18N2O. The summed E-state index contributed by atoms with van der Waals surface area (Å²) < 4.78 is 8.12. The zero-order valence-corrected chi connectivity index (χ0v) is 10.9. The molecule has 1 aliphatic heterocycles. The molecule has 1 atom stereocenters. The minimum Gasteiger partial charge on any atom is -0.491 e. The van der Waals surface area contributed by atoms with Crippen LogP contribution in [0.4, 0.5) is 0 Å². The van der Waals surface area contributed by atoms with E-state index in [0.717, 1.165) is 17.7 Å². The quantitative estimate of drug-likeness (QED) is 0.834. The second-order valence-electron chi connectivity index (χ2n) is 4.98. The molecule has 0 saturated heterocycles. The molecule has 0 radical (unpaired) electrons. The number of hydrogen-bond acceptors (Lipinski definition) is 2. The van der Waals surface area contributed by atoms with E-state index >= 15 is 0 Å². The second-order valence-corrected chi connectivity index (χ2v) is 4.98. The van der Waals surface area contributed by atoms with Crippen LogP contribution in [0.1, 0.15) is 16.8 Å². The van der Waals surface area contributed by atoms with Crippen molar-refractivity contribution in [2.24, 2.45) is 12.8 Å². The highest BCUT2D eigenvalue weighted by Gasteiger charge is 2.23. The predicted octanol–water partition coefficient (Wildman–Crippen LogP) is 2.39. The minimum atomic E-state index is 0.0550. The van der Waals surface area contributed by atoms with Crippen molar-refractivity contribution in [1.29, 1.82) is 0 Å². The number of benzene rings is 1. The molecule has 2 N–H and O–H groups in total. The van der Waals surface area contributed by atoms with E-state index in [0.29, 0.717) is 6.61 Å². The number of ether oxygens (including phenoxy) is 1. The van der Waals surface area contributed by atoms with Crippen molar-refractivity contribution < 1.29 is 4.74 Å². The Morgan fingerprint density at radius 1 is 1.50 bits per heavy atom. The molecule has 3 rings (SSSR count). The van der Waals surface area contributed by atoms with Gasteiger partial charge in [0, 0.05) is 29.7 Å². The number of nitrogens with zero attached hydrogens (tertiary/aromatic N) is 1. The van der Waals surface area contributed by atoms with Crippen LogP contribution in [0, 0.1) is 6.92 Å². The van der Waals surface area contributed by atoms with Crippen LogP contribution >= 0.6 is 0 Å². The predicted molar refractivity (Wildman–Crippen MR) is 74.9 cm³/mol. The summed E-state index contributed by atoms with van der Waals surface area (Å²) in [7, 11) is 2.09. The first kappa shape index (κ1) is 11.4. The lowest BCUT2D eigenvalue weighted by molar-refractivity contribution is 0.295. The summed E-state index contributed by atoms with van der Waals surface area (Å²) in [5, 5.41) is 1.21. The Morgan fingerprint density at radius 2 is 2.28 bits per heavy atom. The summed E-state index contributed by atoms with van der Waals surface area (Å²) >= 11 is 0. The molecule has 0 spiro atoms. The summed E-state index contributed by atoms with van der Waals surface area (Å²) in [6.45, 7) is 6.57. The first-order valence-electron chi connectivity index (χ1n) is 6.25. The van der Waals surface area contributed by atoms with Gasteiger partial charge >= 0.3 is 0 Å². The number of hydrogen-bond donors (Lipinski definition) is 1. The lowest BCUT2D eigenvalue weighted by atomic mass is 10.0. The molecular weight excluding hydrogens is 224 g/mol. The normalized spacial score (nSPS) is 18.5. The van der Waals surface area contributed by atoms with Crippen LogP contribution in [0.15, 0.2) is 18.7 Å². The zero-order valence-electron chi connectivity index (χ0n) is 10.9. The van der Waals surface area contributed by atoms with E-state index in [1.807, 2.05) is 6.08 Å². The van der Waals surface area contributed by atoms with Gasteiger partial charge in [-0.05, 0) is 31.0 Å². The number of aromatic nitrogens is 1. The molecule has 0 aliphatic carbocycles. The monoisotopic (exact) mass is 242 g/mol. The maximum atomic E-state index is 6.10. The highest BCUT2D eigenvalue weighted by atomic mass is 16.5. The average molecular weight is 242 g/mol. The summed E-state index contributed by atoms with van der Waals surface area (Å²) in [4.78, 5) is 0. The fourth-order valence-corrected chi connectivity index (χ4v) is 2.80. The van der Waals surface area contributed by atoms with Gasteiger partial charge in [-0.1, -0.05) is 12.7 Å². The Balaban J connectivity index is 2.44. The molecule has 0 saturated carbocycles. The number of nitrogens with two attached hydrogens (primary N) is 1. The van der Waals surface area contributed by atoms with Crippen molar-refractivity contribution in [2.45, 2.75) is 19.4 Å². The van der Waals surface area contributed by atoms with Gasteiger partial charge in [-0.15, -0.1) is 0 Å². The van der Waals surface area contributed by atoms with Crippen LogP contribution < -0.4 is 10.5 Å². The van der Waals surface area contributed by atoms with Gasteiger partial charge in [-0.3, -0.25) is 0 Å². The second kappa shape index (κ2) is 3.89. The molecule has 1 aromatic heterocycles. The van der Waals surface area contributed by atoms with Gasteiger partial charge in [0.05, 0.1) is 5.52 Å². The van der Waals surface area contributed by atoms with Crippen LogP contribution in [-0.4, -0.2) is 17.2 Å². The number of rotatable bonds is 1. The molecule has 3 heteroatoms. The van der Waals surface area contributed by atoms with Crippen LogP contribution in [0.5, 0.6) is 5.75 Å². The third-order valence-corrected chi connectivity index (χ3v) is 3.90. The zero-order chi connectivity index (χ0) is 12.9. The van der Waals surface area contributed by atoms with Crippen molar-refractivity contribution in [3.05, 3.63) is 35.5 Å². The average Bonchev–Trinajstić information content (AvgIpc) is 2.54. The van der Waals surface area contributed by atoms with E-state index in [2.05, 4.69) is 37.3 Å². The van der Waals surface area contributed by atoms with Gasteiger partial charge in [-0.2, -0.15) is 0 Å². The molecule has 2 aromatic rings. The lowest BCUT2D eigenvalue weighted by Gasteiger charge is -2.12. The third-order valence-electron chi connectivity index (χ3n) is 3.90. The Labute approximate surface area is 107 Å². The molecule has 2 heterocycles. The molecule has 18 heavy (non-hydrogen) atoms. The maximum Gasteiger partial charge on any atom is 0.136 e. The summed E-state index contributed by atoms with van der Waals surface area (Å²) in [6.07, 6.45) is 2.72. The van der Waals surface area contributed by atoms with E-state index < -0.39 is 0 Å². The lowest BCUT2D eigenvalue weighted by Crippen LogP contribution is -2.29. The van der Waals surface area contributed by atoms with Crippen molar-refractivity contribution >= 4 is 17.0 Å². The van der Waals surface area contributed by atoms with Crippen molar-refractivity contribution in [2.75, 3.05) is 6.61 Å². The fraction of sp³-hybridized carbons (Fsp3) is 0.333. The SMILES string of the molecule is C=Cc1ccc2c3c(c(C)n2C)CC(N)COc13. The Kier molecular flexibility index (Phi) is 2.45. The van der Waals surface area contributed by atoms with Crippen molar-refractivity contribution in [3.8, 4) is 5.75 Å². The molecule has 0 bridgehead atoms. The van der Waals surface area contributed by atoms with Gasteiger partial charge in [0.15, 0.2) is 0 Å².